The van der Waals surface area contributed by atoms with Crippen LogP contribution in [-0.2, 0) is 17.9 Å². The van der Waals surface area contributed by atoms with E-state index < -0.39 is 0 Å². The predicted molar refractivity (Wildman–Crippen MR) is 108 cm³/mol. The fourth-order valence-electron chi connectivity index (χ4n) is 2.82. The minimum atomic E-state index is -0.176. The van der Waals surface area contributed by atoms with E-state index in [9.17, 15) is 4.79 Å². The van der Waals surface area contributed by atoms with Gasteiger partial charge in [-0.05, 0) is 36.3 Å². The molecule has 0 aliphatic rings. The largest absolute Gasteiger partial charge is 0.437 e. The molecule has 2 aromatic carbocycles. The summed E-state index contributed by atoms with van der Waals surface area (Å²) < 4.78 is 5.56. The van der Waals surface area contributed by atoms with E-state index in [4.69, 9.17) is 4.42 Å². The highest BCUT2D eigenvalue weighted by Crippen LogP contribution is 2.15. The van der Waals surface area contributed by atoms with E-state index >= 15 is 0 Å². The van der Waals surface area contributed by atoms with Crippen LogP contribution in [0, 0.1) is 0 Å². The lowest BCUT2D eigenvalue weighted by Crippen LogP contribution is -2.22. The molecule has 0 atom stereocenters. The quantitative estimate of drug-likeness (QED) is 0.615. The van der Waals surface area contributed by atoms with Gasteiger partial charge in [-0.25, -0.2) is 4.98 Å². The number of oxazole rings is 1. The third-order valence-corrected chi connectivity index (χ3v) is 4.48. The number of benzene rings is 2. The Labute approximate surface area is 159 Å². The van der Waals surface area contributed by atoms with E-state index in [1.54, 1.807) is 6.08 Å². The summed E-state index contributed by atoms with van der Waals surface area (Å²) in [6.45, 7) is 7.86. The smallest absolute Gasteiger partial charge is 0.244 e. The standard InChI is InChI=1S/C22H25N3O2/c1-3-25(4-2)16-18-11-9-17(10-12-18)15-23-21(26)13-14-22-24-19-7-5-6-8-20(19)27-22/h5-14H,3-4,15-16H2,1-2H3,(H,23,26)/b14-13+. The van der Waals surface area contributed by atoms with Crippen LogP contribution in [0.4, 0.5) is 0 Å². The lowest BCUT2D eigenvalue weighted by Gasteiger charge is -2.18. The van der Waals surface area contributed by atoms with Crippen molar-refractivity contribution in [1.82, 2.24) is 15.2 Å². The molecule has 0 aliphatic carbocycles. The van der Waals surface area contributed by atoms with Gasteiger partial charge in [-0.15, -0.1) is 0 Å². The molecule has 0 radical (unpaired) electrons. The summed E-state index contributed by atoms with van der Waals surface area (Å²) >= 11 is 0. The van der Waals surface area contributed by atoms with Crippen molar-refractivity contribution < 1.29 is 9.21 Å². The topological polar surface area (TPSA) is 58.4 Å². The van der Waals surface area contributed by atoms with Gasteiger partial charge >= 0.3 is 0 Å². The zero-order valence-corrected chi connectivity index (χ0v) is 15.8. The van der Waals surface area contributed by atoms with Crippen LogP contribution in [0.2, 0.25) is 0 Å². The lowest BCUT2D eigenvalue weighted by atomic mass is 10.1. The minimum Gasteiger partial charge on any atom is -0.437 e. The minimum absolute atomic E-state index is 0.176. The molecule has 0 aliphatic heterocycles. The molecule has 5 heteroatoms. The van der Waals surface area contributed by atoms with Crippen molar-refractivity contribution >= 4 is 23.1 Å². The second-order valence-electron chi connectivity index (χ2n) is 6.35. The van der Waals surface area contributed by atoms with Crippen LogP contribution in [0.5, 0.6) is 0 Å². The van der Waals surface area contributed by atoms with Crippen molar-refractivity contribution in [2.45, 2.75) is 26.9 Å². The summed E-state index contributed by atoms with van der Waals surface area (Å²) in [5.41, 5.74) is 3.84. The molecule has 3 aromatic rings. The summed E-state index contributed by atoms with van der Waals surface area (Å²) in [5.74, 6) is 0.247. The number of amides is 1. The van der Waals surface area contributed by atoms with Gasteiger partial charge in [0, 0.05) is 25.2 Å². The van der Waals surface area contributed by atoms with E-state index in [0.717, 1.165) is 30.7 Å². The molecule has 1 heterocycles. The Kier molecular flexibility index (Phi) is 6.39. The predicted octanol–water partition coefficient (Wildman–Crippen LogP) is 4.00. The molecular formula is C22H25N3O2. The summed E-state index contributed by atoms with van der Waals surface area (Å²) in [6, 6.07) is 15.9. The zero-order valence-electron chi connectivity index (χ0n) is 15.8. The number of fused-ring (bicyclic) bond motifs is 1. The first kappa shape index (κ1) is 18.9. The van der Waals surface area contributed by atoms with Gasteiger partial charge in [-0.3, -0.25) is 9.69 Å². The maximum Gasteiger partial charge on any atom is 0.244 e. The van der Waals surface area contributed by atoms with Gasteiger partial charge < -0.3 is 9.73 Å². The van der Waals surface area contributed by atoms with Crippen LogP contribution in [0.3, 0.4) is 0 Å². The highest BCUT2D eigenvalue weighted by atomic mass is 16.3. The molecule has 0 saturated carbocycles. The van der Waals surface area contributed by atoms with Crippen molar-refractivity contribution in [3.63, 3.8) is 0 Å². The summed E-state index contributed by atoms with van der Waals surface area (Å²) in [5, 5.41) is 2.88. The van der Waals surface area contributed by atoms with Gasteiger partial charge in [0.25, 0.3) is 0 Å². The van der Waals surface area contributed by atoms with Crippen LogP contribution in [-0.4, -0.2) is 28.9 Å². The van der Waals surface area contributed by atoms with Gasteiger partial charge in [0.05, 0.1) is 0 Å². The van der Waals surface area contributed by atoms with Crippen LogP contribution in [0.15, 0.2) is 59.0 Å². The third kappa shape index (κ3) is 5.28. The van der Waals surface area contributed by atoms with Crippen LogP contribution < -0.4 is 5.32 Å². The Balaban J connectivity index is 1.51. The summed E-state index contributed by atoms with van der Waals surface area (Å²) in [7, 11) is 0. The van der Waals surface area contributed by atoms with E-state index in [0.29, 0.717) is 18.0 Å². The zero-order chi connectivity index (χ0) is 19.1. The van der Waals surface area contributed by atoms with Crippen LogP contribution >= 0.6 is 0 Å². The Morgan fingerprint density at radius 2 is 1.78 bits per heavy atom. The molecule has 0 spiro atoms. The Bertz CT molecular complexity index is 876. The van der Waals surface area contributed by atoms with Crippen molar-refractivity contribution in [3.05, 3.63) is 71.6 Å². The van der Waals surface area contributed by atoms with Gasteiger partial charge in [-0.1, -0.05) is 50.2 Å². The van der Waals surface area contributed by atoms with E-state index in [-0.39, 0.29) is 5.91 Å². The monoisotopic (exact) mass is 363 g/mol. The number of hydrogen-bond donors (Lipinski definition) is 1. The molecule has 27 heavy (non-hydrogen) atoms. The van der Waals surface area contributed by atoms with Crippen LogP contribution in [0.25, 0.3) is 17.2 Å². The van der Waals surface area contributed by atoms with Crippen molar-refractivity contribution in [2.75, 3.05) is 13.1 Å². The first-order chi connectivity index (χ1) is 13.2. The maximum absolute atomic E-state index is 12.0. The second kappa shape index (κ2) is 9.14. The molecule has 1 aromatic heterocycles. The highest BCUT2D eigenvalue weighted by molar-refractivity contribution is 5.91. The molecule has 0 bridgehead atoms. The maximum atomic E-state index is 12.0. The molecule has 0 fully saturated rings. The average Bonchev–Trinajstić information content (AvgIpc) is 3.13. The number of carbonyl (C=O) groups excluding carboxylic acids is 1. The number of para-hydroxylation sites is 2. The van der Waals surface area contributed by atoms with Crippen LogP contribution in [0.1, 0.15) is 30.9 Å². The molecular weight excluding hydrogens is 338 g/mol. The molecule has 0 unspecified atom stereocenters. The van der Waals surface area contributed by atoms with E-state index in [1.807, 2.05) is 24.3 Å². The lowest BCUT2D eigenvalue weighted by molar-refractivity contribution is -0.116. The molecule has 140 valence electrons. The highest BCUT2D eigenvalue weighted by Gasteiger charge is 2.04. The average molecular weight is 363 g/mol. The molecule has 1 amide bonds. The van der Waals surface area contributed by atoms with E-state index in [2.05, 4.69) is 53.3 Å². The Morgan fingerprint density at radius 1 is 1.07 bits per heavy atom. The van der Waals surface area contributed by atoms with Gasteiger partial charge in [-0.2, -0.15) is 0 Å². The molecule has 5 nitrogen and oxygen atoms in total. The number of aromatic nitrogens is 1. The third-order valence-electron chi connectivity index (χ3n) is 4.48. The second-order valence-corrected chi connectivity index (χ2v) is 6.35. The fraction of sp³-hybridized carbons (Fsp3) is 0.273. The number of nitrogens with zero attached hydrogens (tertiary/aromatic N) is 2. The van der Waals surface area contributed by atoms with Gasteiger partial charge in [0.1, 0.15) is 5.52 Å². The Morgan fingerprint density at radius 3 is 2.48 bits per heavy atom. The summed E-state index contributed by atoms with van der Waals surface area (Å²) in [6.07, 6.45) is 3.03. The first-order valence-electron chi connectivity index (χ1n) is 9.29. The molecule has 0 saturated heterocycles. The van der Waals surface area contributed by atoms with Crippen molar-refractivity contribution in [2.24, 2.45) is 0 Å². The Hall–Kier alpha value is -2.92. The summed E-state index contributed by atoms with van der Waals surface area (Å²) in [4.78, 5) is 18.7. The molecule has 3 rings (SSSR count). The van der Waals surface area contributed by atoms with E-state index in [1.165, 1.54) is 11.6 Å². The fourth-order valence-corrected chi connectivity index (χ4v) is 2.82. The number of carbonyl (C=O) groups is 1. The number of nitrogens with one attached hydrogen (secondary N) is 1. The first-order valence-corrected chi connectivity index (χ1v) is 9.29. The van der Waals surface area contributed by atoms with Gasteiger partial charge in [0.2, 0.25) is 11.8 Å². The SMILES string of the molecule is CCN(CC)Cc1ccc(CNC(=O)/C=C/c2nc3ccccc3o2)cc1. The van der Waals surface area contributed by atoms with Gasteiger partial charge in [0.15, 0.2) is 5.58 Å². The number of rotatable bonds is 8. The number of hydrogen-bond acceptors (Lipinski definition) is 4. The molecule has 1 N–H and O–H groups in total. The van der Waals surface area contributed by atoms with Crippen molar-refractivity contribution in [3.8, 4) is 0 Å². The van der Waals surface area contributed by atoms with Crippen molar-refractivity contribution in [1.29, 1.82) is 0 Å². The normalized spacial score (nSPS) is 11.5.